The molecule has 0 spiro atoms. The number of nitrogens with one attached hydrogen (secondary N) is 1. The van der Waals surface area contributed by atoms with Gasteiger partial charge in [0.2, 0.25) is 5.91 Å². The van der Waals surface area contributed by atoms with E-state index in [0.717, 1.165) is 19.4 Å². The Balaban J connectivity index is 1.93. The Morgan fingerprint density at radius 3 is 2.79 bits per heavy atom. The fourth-order valence-electron chi connectivity index (χ4n) is 2.85. The Morgan fingerprint density at radius 1 is 1.33 bits per heavy atom. The van der Waals surface area contributed by atoms with E-state index in [9.17, 15) is 14.4 Å². The number of carbonyl (C=O) groups is 3. The minimum atomic E-state index is -0.591. The molecule has 0 radical (unpaired) electrons. The predicted molar refractivity (Wildman–Crippen MR) is 89.4 cm³/mol. The summed E-state index contributed by atoms with van der Waals surface area (Å²) < 4.78 is 5.05. The summed E-state index contributed by atoms with van der Waals surface area (Å²) in [4.78, 5) is 37.4. The Morgan fingerprint density at radius 2 is 2.08 bits per heavy atom. The number of benzene rings is 1. The molecule has 0 saturated carbocycles. The van der Waals surface area contributed by atoms with Crippen molar-refractivity contribution >= 4 is 23.5 Å². The fourth-order valence-corrected chi connectivity index (χ4v) is 2.85. The first-order chi connectivity index (χ1) is 11.5. The van der Waals surface area contributed by atoms with Crippen LogP contribution in [0.5, 0.6) is 0 Å². The van der Waals surface area contributed by atoms with Gasteiger partial charge < -0.3 is 15.8 Å². The lowest BCUT2D eigenvalue weighted by atomic mass is 9.98. The fraction of sp³-hybridized carbons (Fsp3) is 0.471. The number of ether oxygens (including phenoxy) is 1. The Hall–Kier alpha value is -2.41. The molecule has 24 heavy (non-hydrogen) atoms. The number of carbonyl (C=O) groups excluding carboxylic acids is 3. The third kappa shape index (κ3) is 4.79. The van der Waals surface area contributed by atoms with E-state index in [2.05, 4.69) is 5.32 Å². The lowest BCUT2D eigenvalue weighted by Gasteiger charge is -2.30. The molecule has 130 valence electrons. The number of primary amides is 1. The van der Waals surface area contributed by atoms with Gasteiger partial charge >= 0.3 is 5.97 Å². The second kappa shape index (κ2) is 8.44. The summed E-state index contributed by atoms with van der Waals surface area (Å²) in [6, 6.07) is 6.61. The van der Waals surface area contributed by atoms with Crippen LogP contribution in [-0.2, 0) is 14.3 Å². The van der Waals surface area contributed by atoms with Crippen molar-refractivity contribution in [2.45, 2.75) is 19.8 Å². The highest BCUT2D eigenvalue weighted by molar-refractivity contribution is 6.03. The van der Waals surface area contributed by atoms with Gasteiger partial charge in [0.15, 0.2) is 0 Å². The second-order valence-electron chi connectivity index (χ2n) is 5.78. The van der Waals surface area contributed by atoms with Gasteiger partial charge in [0.25, 0.3) is 5.91 Å². The highest BCUT2D eigenvalue weighted by atomic mass is 16.5. The molecule has 7 heteroatoms. The number of likely N-dealkylation sites (tertiary alicyclic amines) is 1. The van der Waals surface area contributed by atoms with Crippen molar-refractivity contribution < 1.29 is 19.1 Å². The van der Waals surface area contributed by atoms with Crippen molar-refractivity contribution in [3.05, 3.63) is 29.8 Å². The first-order valence-corrected chi connectivity index (χ1v) is 8.09. The topological polar surface area (TPSA) is 102 Å². The molecule has 1 atom stereocenters. The zero-order chi connectivity index (χ0) is 17.5. The van der Waals surface area contributed by atoms with Gasteiger partial charge in [0.1, 0.15) is 0 Å². The van der Waals surface area contributed by atoms with Gasteiger partial charge in [-0.15, -0.1) is 0 Å². The number of rotatable bonds is 6. The van der Waals surface area contributed by atoms with Crippen molar-refractivity contribution in [2.75, 3.05) is 31.6 Å². The van der Waals surface area contributed by atoms with Crippen LogP contribution < -0.4 is 11.1 Å². The summed E-state index contributed by atoms with van der Waals surface area (Å²) in [5.74, 6) is -1.23. The number of hydrogen-bond donors (Lipinski definition) is 2. The molecule has 1 heterocycles. The van der Waals surface area contributed by atoms with Crippen molar-refractivity contribution in [2.24, 2.45) is 11.7 Å². The summed E-state index contributed by atoms with van der Waals surface area (Å²) in [6.45, 7) is 3.55. The number of piperidine rings is 1. The van der Waals surface area contributed by atoms with Crippen molar-refractivity contribution in [1.29, 1.82) is 0 Å². The Bertz CT molecular complexity index is 618. The molecular formula is C17H23N3O4. The second-order valence-corrected chi connectivity index (χ2v) is 5.78. The van der Waals surface area contributed by atoms with E-state index in [0.29, 0.717) is 18.8 Å². The summed E-state index contributed by atoms with van der Waals surface area (Å²) in [6.07, 6.45) is 1.62. The van der Waals surface area contributed by atoms with Crippen LogP contribution >= 0.6 is 0 Å². The maximum absolute atomic E-state index is 12.2. The smallest absolute Gasteiger partial charge is 0.310 e. The minimum Gasteiger partial charge on any atom is -0.466 e. The zero-order valence-electron chi connectivity index (χ0n) is 13.8. The summed E-state index contributed by atoms with van der Waals surface area (Å²) >= 11 is 0. The van der Waals surface area contributed by atoms with Gasteiger partial charge in [0.05, 0.1) is 30.3 Å². The van der Waals surface area contributed by atoms with Crippen LogP contribution in [0.4, 0.5) is 5.69 Å². The van der Waals surface area contributed by atoms with E-state index in [1.54, 1.807) is 31.2 Å². The molecule has 1 fully saturated rings. The lowest BCUT2D eigenvalue weighted by molar-refractivity contribution is -0.150. The first-order valence-electron chi connectivity index (χ1n) is 8.09. The third-order valence-corrected chi connectivity index (χ3v) is 3.96. The van der Waals surface area contributed by atoms with Gasteiger partial charge in [-0.05, 0) is 38.4 Å². The third-order valence-electron chi connectivity index (χ3n) is 3.96. The molecule has 3 N–H and O–H groups in total. The first kappa shape index (κ1) is 17.9. The Kier molecular flexibility index (Phi) is 6.31. The van der Waals surface area contributed by atoms with E-state index in [-0.39, 0.29) is 29.9 Å². The largest absolute Gasteiger partial charge is 0.466 e. The van der Waals surface area contributed by atoms with Crippen molar-refractivity contribution in [1.82, 2.24) is 4.90 Å². The van der Waals surface area contributed by atoms with E-state index >= 15 is 0 Å². The quantitative estimate of drug-likeness (QED) is 0.756. The number of nitrogens with zero attached hydrogens (tertiary/aromatic N) is 1. The van der Waals surface area contributed by atoms with Crippen molar-refractivity contribution in [3.8, 4) is 0 Å². The minimum absolute atomic E-state index is 0.156. The molecule has 2 rings (SSSR count). The molecule has 0 bridgehead atoms. The standard InChI is InChI=1S/C17H23N3O4/c1-2-24-17(23)12-6-5-9-20(10-12)11-15(21)19-14-8-4-3-7-13(14)16(18)22/h3-4,7-8,12H,2,5-6,9-11H2,1H3,(H2,18,22)(H,19,21). The van der Waals surface area contributed by atoms with Crippen LogP contribution in [-0.4, -0.2) is 48.9 Å². The maximum Gasteiger partial charge on any atom is 0.310 e. The Labute approximate surface area is 141 Å². The molecular weight excluding hydrogens is 310 g/mol. The number of esters is 1. The van der Waals surface area contributed by atoms with Crippen LogP contribution in [0.2, 0.25) is 0 Å². The van der Waals surface area contributed by atoms with Gasteiger partial charge in [0, 0.05) is 6.54 Å². The van der Waals surface area contributed by atoms with E-state index in [4.69, 9.17) is 10.5 Å². The number of para-hydroxylation sites is 1. The molecule has 1 aromatic rings. The zero-order valence-corrected chi connectivity index (χ0v) is 13.8. The van der Waals surface area contributed by atoms with Crippen LogP contribution in [0.1, 0.15) is 30.1 Å². The van der Waals surface area contributed by atoms with Crippen LogP contribution in [0.15, 0.2) is 24.3 Å². The normalized spacial score (nSPS) is 18.0. The molecule has 1 aromatic carbocycles. The number of hydrogen-bond acceptors (Lipinski definition) is 5. The van der Waals surface area contributed by atoms with E-state index < -0.39 is 5.91 Å². The monoisotopic (exact) mass is 333 g/mol. The SMILES string of the molecule is CCOC(=O)C1CCCN(CC(=O)Nc2ccccc2C(N)=O)C1. The van der Waals surface area contributed by atoms with Crippen LogP contribution in [0, 0.1) is 5.92 Å². The van der Waals surface area contributed by atoms with Gasteiger partial charge in [-0.3, -0.25) is 19.3 Å². The van der Waals surface area contributed by atoms with E-state index in [1.165, 1.54) is 0 Å². The predicted octanol–water partition coefficient (Wildman–Crippen LogP) is 0.999. The van der Waals surface area contributed by atoms with Gasteiger partial charge in [-0.25, -0.2) is 0 Å². The molecule has 1 aliphatic rings. The highest BCUT2D eigenvalue weighted by Gasteiger charge is 2.27. The highest BCUT2D eigenvalue weighted by Crippen LogP contribution is 2.18. The number of amides is 2. The van der Waals surface area contributed by atoms with Crippen LogP contribution in [0.25, 0.3) is 0 Å². The molecule has 1 saturated heterocycles. The summed E-state index contributed by atoms with van der Waals surface area (Å²) in [7, 11) is 0. The number of anilines is 1. The molecule has 1 unspecified atom stereocenters. The van der Waals surface area contributed by atoms with Gasteiger partial charge in [-0.2, -0.15) is 0 Å². The molecule has 7 nitrogen and oxygen atoms in total. The molecule has 2 amide bonds. The van der Waals surface area contributed by atoms with E-state index in [1.807, 2.05) is 4.90 Å². The van der Waals surface area contributed by atoms with Crippen molar-refractivity contribution in [3.63, 3.8) is 0 Å². The summed E-state index contributed by atoms with van der Waals surface area (Å²) in [5.41, 5.74) is 5.97. The summed E-state index contributed by atoms with van der Waals surface area (Å²) in [5, 5.41) is 2.71. The lowest BCUT2D eigenvalue weighted by Crippen LogP contribution is -2.43. The maximum atomic E-state index is 12.2. The average Bonchev–Trinajstić information content (AvgIpc) is 2.55. The number of nitrogens with two attached hydrogens (primary N) is 1. The van der Waals surface area contributed by atoms with Gasteiger partial charge in [-0.1, -0.05) is 12.1 Å². The van der Waals surface area contributed by atoms with Crippen LogP contribution in [0.3, 0.4) is 0 Å². The molecule has 1 aliphatic heterocycles. The average molecular weight is 333 g/mol. The molecule has 0 aliphatic carbocycles. The molecule has 0 aromatic heterocycles.